The lowest BCUT2D eigenvalue weighted by Crippen LogP contribution is -2.31. The summed E-state index contributed by atoms with van der Waals surface area (Å²) in [6, 6.07) is 29.7. The largest absolute Gasteiger partial charge is 0.478 e. The van der Waals surface area contributed by atoms with E-state index in [-0.39, 0.29) is 36.0 Å². The molecule has 1 aliphatic heterocycles. The van der Waals surface area contributed by atoms with Crippen molar-refractivity contribution in [3.8, 4) is 0 Å². The van der Waals surface area contributed by atoms with Gasteiger partial charge in [0.25, 0.3) is 5.91 Å². The molecule has 3 N–H and O–H groups in total. The van der Waals surface area contributed by atoms with Crippen LogP contribution in [0, 0.1) is 0 Å². The second kappa shape index (κ2) is 14.0. The number of fused-ring (bicyclic) bond motifs is 1. The first-order valence-corrected chi connectivity index (χ1v) is 15.5. The fraction of sp³-hybridized carbons (Fsp3) is 0.200. The van der Waals surface area contributed by atoms with E-state index in [0.29, 0.717) is 29.1 Å². The van der Waals surface area contributed by atoms with Gasteiger partial charge in [0.15, 0.2) is 6.29 Å². The third kappa shape index (κ3) is 7.38. The second-order valence-corrected chi connectivity index (χ2v) is 11.7. The average Bonchev–Trinajstić information content (AvgIpc) is 3.09. The van der Waals surface area contributed by atoms with Crippen LogP contribution in [0.5, 0.6) is 0 Å². The number of thioether (sulfide) groups is 1. The first kappa shape index (κ1) is 30.4. The van der Waals surface area contributed by atoms with E-state index >= 15 is 0 Å². The number of aromatic carboxylic acids is 1. The Morgan fingerprint density at radius 3 is 2.29 bits per heavy atom. The molecule has 10 heteroatoms. The quantitative estimate of drug-likeness (QED) is 0.159. The minimum absolute atomic E-state index is 0.0394. The van der Waals surface area contributed by atoms with E-state index in [1.807, 2.05) is 78.9 Å². The molecule has 0 aliphatic carbocycles. The van der Waals surface area contributed by atoms with E-state index in [4.69, 9.17) is 9.47 Å². The number of carboxylic acid groups (broad SMARTS) is 1. The van der Waals surface area contributed by atoms with E-state index in [9.17, 15) is 19.8 Å². The Hall–Kier alpha value is -4.61. The van der Waals surface area contributed by atoms with Crippen LogP contribution in [0.25, 0.3) is 11.0 Å². The summed E-state index contributed by atoms with van der Waals surface area (Å²) in [5.74, 6) is -0.736. The maximum absolute atomic E-state index is 12.7. The van der Waals surface area contributed by atoms with Crippen LogP contribution >= 0.6 is 11.8 Å². The molecule has 4 aromatic carbocycles. The minimum atomic E-state index is -0.966. The highest BCUT2D eigenvalue weighted by Crippen LogP contribution is 2.39. The van der Waals surface area contributed by atoms with Gasteiger partial charge >= 0.3 is 5.97 Å². The van der Waals surface area contributed by atoms with Gasteiger partial charge < -0.3 is 25.0 Å². The molecule has 6 rings (SSSR count). The molecule has 2 heterocycles. The molecule has 1 aromatic heterocycles. The highest BCUT2D eigenvalue weighted by Gasteiger charge is 2.32. The summed E-state index contributed by atoms with van der Waals surface area (Å²) >= 11 is 1.45. The van der Waals surface area contributed by atoms with E-state index in [2.05, 4.69) is 15.3 Å². The molecule has 0 radical (unpaired) electrons. The highest BCUT2D eigenvalue weighted by atomic mass is 32.2. The van der Waals surface area contributed by atoms with Crippen molar-refractivity contribution in [3.63, 3.8) is 0 Å². The van der Waals surface area contributed by atoms with Gasteiger partial charge in [-0.1, -0.05) is 72.8 Å². The lowest BCUT2D eigenvalue weighted by atomic mass is 10.0. The van der Waals surface area contributed by atoms with Gasteiger partial charge in [-0.05, 0) is 41.0 Å². The fourth-order valence-corrected chi connectivity index (χ4v) is 6.17. The predicted molar refractivity (Wildman–Crippen MR) is 170 cm³/mol. The third-order valence-corrected chi connectivity index (χ3v) is 8.75. The zero-order valence-electron chi connectivity index (χ0n) is 24.2. The van der Waals surface area contributed by atoms with Crippen molar-refractivity contribution in [1.82, 2.24) is 15.3 Å². The Bertz CT molecular complexity index is 1800. The molecule has 228 valence electrons. The van der Waals surface area contributed by atoms with Crippen LogP contribution in [-0.2, 0) is 22.6 Å². The van der Waals surface area contributed by atoms with Gasteiger partial charge in [0.1, 0.15) is 5.69 Å². The van der Waals surface area contributed by atoms with Crippen molar-refractivity contribution in [2.45, 2.75) is 43.0 Å². The van der Waals surface area contributed by atoms with Crippen LogP contribution in [0.1, 0.15) is 61.9 Å². The standard InChI is InChI=1S/C35H31N3O6S/c39-20-23-11-13-24(14-12-23)31-17-26(21-45-32-8-4-1-5-27(32)34(41)42)43-35(44-31)25-15-9-22(10-16-25)18-37-33(40)30-19-36-28-6-2-3-7-29(28)38-30/h1-16,19,26,31,35,39H,17-18,20-21H2,(H,37,40)(H,41,42)/t26-,31+,35+/m1/s1. The molecule has 45 heavy (non-hydrogen) atoms. The van der Waals surface area contributed by atoms with Crippen molar-refractivity contribution < 1.29 is 29.3 Å². The summed E-state index contributed by atoms with van der Waals surface area (Å²) in [4.78, 5) is 33.9. The fourth-order valence-electron chi connectivity index (χ4n) is 5.11. The Morgan fingerprint density at radius 1 is 0.844 bits per heavy atom. The molecule has 1 fully saturated rings. The molecule has 0 bridgehead atoms. The minimum Gasteiger partial charge on any atom is -0.478 e. The number of aromatic nitrogens is 2. The number of rotatable bonds is 10. The van der Waals surface area contributed by atoms with Gasteiger partial charge in [0.2, 0.25) is 0 Å². The van der Waals surface area contributed by atoms with Crippen LogP contribution in [-0.4, -0.2) is 43.9 Å². The zero-order valence-corrected chi connectivity index (χ0v) is 25.0. The van der Waals surface area contributed by atoms with Gasteiger partial charge in [0, 0.05) is 29.2 Å². The van der Waals surface area contributed by atoms with Crippen LogP contribution in [0.4, 0.5) is 0 Å². The molecule has 0 unspecified atom stereocenters. The van der Waals surface area contributed by atoms with Gasteiger partial charge in [-0.25, -0.2) is 9.78 Å². The van der Waals surface area contributed by atoms with E-state index in [1.165, 1.54) is 18.0 Å². The van der Waals surface area contributed by atoms with Crippen LogP contribution in [0.3, 0.4) is 0 Å². The zero-order chi connectivity index (χ0) is 31.2. The first-order valence-electron chi connectivity index (χ1n) is 14.5. The molecule has 0 saturated carbocycles. The number of nitrogens with one attached hydrogen (secondary N) is 1. The topological polar surface area (TPSA) is 131 Å². The highest BCUT2D eigenvalue weighted by molar-refractivity contribution is 7.99. The number of carbonyl (C=O) groups excluding carboxylic acids is 1. The van der Waals surface area contributed by atoms with Gasteiger partial charge in [0.05, 0.1) is 41.6 Å². The molecule has 0 spiro atoms. The number of para-hydroxylation sites is 2. The lowest BCUT2D eigenvalue weighted by Gasteiger charge is -2.36. The SMILES string of the molecule is O=C(NCc1ccc([C@H]2O[C@@H](CSc3ccccc3C(=O)O)C[C@@H](c3ccc(CO)cc3)O2)cc1)c1cnc2ccccc2n1. The Morgan fingerprint density at radius 2 is 1.53 bits per heavy atom. The molecule has 1 saturated heterocycles. The summed E-state index contributed by atoms with van der Waals surface area (Å²) in [5, 5.41) is 22.0. The maximum atomic E-state index is 12.7. The number of carboxylic acids is 1. The summed E-state index contributed by atoms with van der Waals surface area (Å²) in [5.41, 5.74) is 5.40. The number of aliphatic hydroxyl groups excluding tert-OH is 1. The summed E-state index contributed by atoms with van der Waals surface area (Å²) in [6.07, 6.45) is 0.914. The van der Waals surface area contributed by atoms with Crippen LogP contribution < -0.4 is 5.32 Å². The Kier molecular flexibility index (Phi) is 9.46. The lowest BCUT2D eigenvalue weighted by molar-refractivity contribution is -0.245. The normalized spacial score (nSPS) is 18.0. The number of aliphatic hydroxyl groups is 1. The second-order valence-electron chi connectivity index (χ2n) is 10.6. The number of hydrogen-bond acceptors (Lipinski definition) is 8. The van der Waals surface area contributed by atoms with Gasteiger partial charge in [-0.3, -0.25) is 9.78 Å². The van der Waals surface area contributed by atoms with Crippen molar-refractivity contribution in [2.24, 2.45) is 0 Å². The molecule has 3 atom stereocenters. The van der Waals surface area contributed by atoms with Crippen LogP contribution in [0.15, 0.2) is 108 Å². The van der Waals surface area contributed by atoms with Crippen molar-refractivity contribution in [3.05, 3.63) is 137 Å². The number of hydrogen-bond donors (Lipinski definition) is 3. The number of carbonyl (C=O) groups is 2. The van der Waals surface area contributed by atoms with Crippen LogP contribution in [0.2, 0.25) is 0 Å². The van der Waals surface area contributed by atoms with Gasteiger partial charge in [-0.15, -0.1) is 11.8 Å². The molecule has 5 aromatic rings. The number of amides is 1. The van der Waals surface area contributed by atoms with Crippen molar-refractivity contribution >= 4 is 34.7 Å². The van der Waals surface area contributed by atoms with E-state index in [0.717, 1.165) is 27.8 Å². The monoisotopic (exact) mass is 621 g/mol. The molecular formula is C35H31N3O6S. The summed E-state index contributed by atoms with van der Waals surface area (Å²) < 4.78 is 12.8. The number of ether oxygens (including phenoxy) is 2. The van der Waals surface area contributed by atoms with Gasteiger partial charge in [-0.2, -0.15) is 0 Å². The smallest absolute Gasteiger partial charge is 0.336 e. The predicted octanol–water partition coefficient (Wildman–Crippen LogP) is 6.09. The molecule has 9 nitrogen and oxygen atoms in total. The molecular weight excluding hydrogens is 590 g/mol. The van der Waals surface area contributed by atoms with E-state index < -0.39 is 12.3 Å². The van der Waals surface area contributed by atoms with Crippen molar-refractivity contribution in [2.75, 3.05) is 5.75 Å². The Balaban J connectivity index is 1.14. The van der Waals surface area contributed by atoms with E-state index in [1.54, 1.807) is 18.2 Å². The average molecular weight is 622 g/mol. The summed E-state index contributed by atoms with van der Waals surface area (Å²) in [7, 11) is 0. The Labute approximate surface area is 264 Å². The summed E-state index contributed by atoms with van der Waals surface area (Å²) in [6.45, 7) is 0.268. The van der Waals surface area contributed by atoms with Crippen molar-refractivity contribution in [1.29, 1.82) is 0 Å². The maximum Gasteiger partial charge on any atom is 0.336 e. The molecule has 1 amide bonds. The number of benzene rings is 4. The third-order valence-electron chi connectivity index (χ3n) is 7.54. The first-order chi connectivity index (χ1) is 22.0. The number of nitrogens with zero attached hydrogens (tertiary/aromatic N) is 2. The molecule has 1 aliphatic rings.